The van der Waals surface area contributed by atoms with Crippen LogP contribution in [-0.4, -0.2) is 27.9 Å². The van der Waals surface area contributed by atoms with Crippen molar-refractivity contribution in [1.82, 2.24) is 0 Å². The van der Waals surface area contributed by atoms with E-state index in [0.29, 0.717) is 11.7 Å². The van der Waals surface area contributed by atoms with Crippen LogP contribution in [0.1, 0.15) is 12.8 Å². The number of hydrogen-bond acceptors (Lipinski definition) is 3. The Hall–Kier alpha value is -0.510. The molecule has 1 heterocycles. The van der Waals surface area contributed by atoms with Crippen LogP contribution in [-0.2, 0) is 4.79 Å². The standard InChI is InChI=1S/C7H9NO2S/c9-7(10)5-3-11-6(8-5)4-1-2-4/h4-5H,1-3H2,(H,9,10)/t5-/m1/s1. The zero-order chi connectivity index (χ0) is 7.84. The molecule has 2 rings (SSSR count). The van der Waals surface area contributed by atoms with Crippen LogP contribution in [0, 0.1) is 5.92 Å². The lowest BCUT2D eigenvalue weighted by atomic mass is 10.3. The zero-order valence-electron chi connectivity index (χ0n) is 5.99. The predicted molar refractivity (Wildman–Crippen MR) is 44.0 cm³/mol. The fourth-order valence-electron chi connectivity index (χ4n) is 1.07. The summed E-state index contributed by atoms with van der Waals surface area (Å²) in [6, 6.07) is -0.462. The third kappa shape index (κ3) is 1.40. The zero-order valence-corrected chi connectivity index (χ0v) is 6.80. The molecule has 1 N–H and O–H groups in total. The molecule has 60 valence electrons. The molecule has 1 aliphatic heterocycles. The minimum Gasteiger partial charge on any atom is -0.480 e. The van der Waals surface area contributed by atoms with Gasteiger partial charge in [-0.15, -0.1) is 11.8 Å². The number of carbonyl (C=O) groups is 1. The molecule has 3 nitrogen and oxygen atoms in total. The lowest BCUT2D eigenvalue weighted by Gasteiger charge is -1.93. The molecule has 2 aliphatic rings. The van der Waals surface area contributed by atoms with Crippen molar-refractivity contribution in [3.05, 3.63) is 0 Å². The van der Waals surface area contributed by atoms with E-state index in [1.54, 1.807) is 11.8 Å². The molecule has 0 aromatic carbocycles. The first-order valence-corrected chi connectivity index (χ1v) is 4.69. The SMILES string of the molecule is O=C(O)[C@H]1CSC(C2CC2)=N1. The largest absolute Gasteiger partial charge is 0.480 e. The summed E-state index contributed by atoms with van der Waals surface area (Å²) >= 11 is 1.62. The molecule has 1 atom stereocenters. The molecule has 0 saturated heterocycles. The van der Waals surface area contributed by atoms with Crippen molar-refractivity contribution >= 4 is 22.8 Å². The van der Waals surface area contributed by atoms with E-state index in [9.17, 15) is 4.79 Å². The second kappa shape index (κ2) is 2.52. The number of rotatable bonds is 2. The Bertz CT molecular complexity index is 222. The number of thioether (sulfide) groups is 1. The van der Waals surface area contributed by atoms with Crippen molar-refractivity contribution in [3.8, 4) is 0 Å². The maximum Gasteiger partial charge on any atom is 0.329 e. The molecule has 1 saturated carbocycles. The summed E-state index contributed by atoms with van der Waals surface area (Å²) in [6.07, 6.45) is 2.41. The van der Waals surface area contributed by atoms with E-state index < -0.39 is 12.0 Å². The van der Waals surface area contributed by atoms with Gasteiger partial charge in [0.15, 0.2) is 6.04 Å². The van der Waals surface area contributed by atoms with E-state index in [2.05, 4.69) is 4.99 Å². The highest BCUT2D eigenvalue weighted by Crippen LogP contribution is 2.38. The molecule has 0 spiro atoms. The van der Waals surface area contributed by atoms with E-state index in [0.717, 1.165) is 5.04 Å². The highest BCUT2D eigenvalue weighted by molar-refractivity contribution is 8.14. The Balaban J connectivity index is 2.03. The molecular weight excluding hydrogens is 162 g/mol. The molecule has 1 fully saturated rings. The van der Waals surface area contributed by atoms with E-state index in [1.165, 1.54) is 12.8 Å². The first-order chi connectivity index (χ1) is 5.27. The van der Waals surface area contributed by atoms with E-state index in [1.807, 2.05) is 0 Å². The summed E-state index contributed by atoms with van der Waals surface area (Å²) in [5, 5.41) is 9.69. The minimum atomic E-state index is -0.784. The van der Waals surface area contributed by atoms with Gasteiger partial charge in [0.1, 0.15) is 0 Å². The number of aliphatic imine (C=N–C) groups is 1. The number of carboxylic acids is 1. The van der Waals surface area contributed by atoms with Crippen LogP contribution in [0.25, 0.3) is 0 Å². The number of aliphatic carboxylic acids is 1. The smallest absolute Gasteiger partial charge is 0.329 e. The van der Waals surface area contributed by atoms with E-state index >= 15 is 0 Å². The molecule has 11 heavy (non-hydrogen) atoms. The summed E-state index contributed by atoms with van der Waals surface area (Å²) in [7, 11) is 0. The van der Waals surface area contributed by atoms with Crippen LogP contribution in [0.15, 0.2) is 4.99 Å². The van der Waals surface area contributed by atoms with E-state index in [4.69, 9.17) is 5.11 Å². The molecule has 0 amide bonds. The maximum atomic E-state index is 10.5. The fraction of sp³-hybridized carbons (Fsp3) is 0.714. The molecular formula is C7H9NO2S. The molecule has 0 aromatic heterocycles. The van der Waals surface area contributed by atoms with Gasteiger partial charge in [-0.25, -0.2) is 4.79 Å². The van der Waals surface area contributed by atoms with Crippen LogP contribution in [0.5, 0.6) is 0 Å². The Labute approximate surface area is 68.9 Å². The Morgan fingerprint density at radius 2 is 2.36 bits per heavy atom. The maximum absolute atomic E-state index is 10.5. The topological polar surface area (TPSA) is 49.7 Å². The van der Waals surface area contributed by atoms with Gasteiger partial charge in [0, 0.05) is 11.7 Å². The summed E-state index contributed by atoms with van der Waals surface area (Å²) in [4.78, 5) is 14.6. The lowest BCUT2D eigenvalue weighted by molar-refractivity contribution is -0.137. The average Bonchev–Trinajstić information content (AvgIpc) is 2.68. The van der Waals surface area contributed by atoms with Crippen LogP contribution < -0.4 is 0 Å². The first-order valence-electron chi connectivity index (χ1n) is 3.70. The van der Waals surface area contributed by atoms with Gasteiger partial charge in [-0.1, -0.05) is 0 Å². The molecule has 0 unspecified atom stereocenters. The summed E-state index contributed by atoms with van der Waals surface area (Å²) in [5.74, 6) is 0.471. The number of hydrogen-bond donors (Lipinski definition) is 1. The van der Waals surface area contributed by atoms with Crippen molar-refractivity contribution in [2.24, 2.45) is 10.9 Å². The van der Waals surface area contributed by atoms with Crippen LogP contribution in [0.2, 0.25) is 0 Å². The highest BCUT2D eigenvalue weighted by atomic mass is 32.2. The Kier molecular flexibility index (Phi) is 1.64. The number of carboxylic acid groups (broad SMARTS) is 1. The monoisotopic (exact) mass is 171 g/mol. The van der Waals surface area contributed by atoms with Crippen molar-refractivity contribution in [2.45, 2.75) is 18.9 Å². The van der Waals surface area contributed by atoms with Crippen LogP contribution in [0.3, 0.4) is 0 Å². The van der Waals surface area contributed by atoms with Gasteiger partial charge in [0.25, 0.3) is 0 Å². The summed E-state index contributed by atoms with van der Waals surface area (Å²) in [6.45, 7) is 0. The quantitative estimate of drug-likeness (QED) is 0.674. The fourth-order valence-corrected chi connectivity index (χ4v) is 2.29. The molecule has 4 heteroatoms. The van der Waals surface area contributed by atoms with Gasteiger partial charge in [-0.05, 0) is 12.8 Å². The van der Waals surface area contributed by atoms with Gasteiger partial charge in [0.2, 0.25) is 0 Å². The van der Waals surface area contributed by atoms with Crippen molar-refractivity contribution in [3.63, 3.8) is 0 Å². The normalized spacial score (nSPS) is 30.2. The highest BCUT2D eigenvalue weighted by Gasteiger charge is 2.34. The third-order valence-corrected chi connectivity index (χ3v) is 3.10. The predicted octanol–water partition coefficient (Wildman–Crippen LogP) is 0.995. The van der Waals surface area contributed by atoms with Crippen LogP contribution >= 0.6 is 11.8 Å². The van der Waals surface area contributed by atoms with Crippen molar-refractivity contribution in [2.75, 3.05) is 5.75 Å². The van der Waals surface area contributed by atoms with Gasteiger partial charge in [-0.3, -0.25) is 4.99 Å². The van der Waals surface area contributed by atoms with Crippen molar-refractivity contribution in [1.29, 1.82) is 0 Å². The summed E-state index contributed by atoms with van der Waals surface area (Å²) in [5.41, 5.74) is 0. The minimum absolute atomic E-state index is 0.462. The van der Waals surface area contributed by atoms with Gasteiger partial charge in [-0.2, -0.15) is 0 Å². The second-order valence-electron chi connectivity index (χ2n) is 2.91. The second-order valence-corrected chi connectivity index (χ2v) is 3.95. The van der Waals surface area contributed by atoms with Gasteiger partial charge in [0.05, 0.1) is 5.04 Å². The van der Waals surface area contributed by atoms with Gasteiger partial charge >= 0.3 is 5.97 Å². The lowest BCUT2D eigenvalue weighted by Crippen LogP contribution is -2.17. The van der Waals surface area contributed by atoms with Crippen LogP contribution in [0.4, 0.5) is 0 Å². The Morgan fingerprint density at radius 3 is 2.82 bits per heavy atom. The van der Waals surface area contributed by atoms with Gasteiger partial charge < -0.3 is 5.11 Å². The molecule has 0 radical (unpaired) electrons. The first kappa shape index (κ1) is 7.16. The Morgan fingerprint density at radius 1 is 1.64 bits per heavy atom. The molecule has 1 aliphatic carbocycles. The number of nitrogens with zero attached hydrogens (tertiary/aromatic N) is 1. The third-order valence-electron chi connectivity index (χ3n) is 1.88. The summed E-state index contributed by atoms with van der Waals surface area (Å²) < 4.78 is 0. The van der Waals surface area contributed by atoms with E-state index in [-0.39, 0.29) is 0 Å². The van der Waals surface area contributed by atoms with Crippen molar-refractivity contribution < 1.29 is 9.90 Å². The average molecular weight is 171 g/mol. The molecule has 0 bridgehead atoms. The molecule has 0 aromatic rings.